The van der Waals surface area contributed by atoms with Gasteiger partial charge in [-0.25, -0.2) is 21.6 Å². The highest BCUT2D eigenvalue weighted by molar-refractivity contribution is 7.92. The largest absolute Gasteiger partial charge is 0.386 e. The van der Waals surface area contributed by atoms with Crippen molar-refractivity contribution in [3.63, 3.8) is 0 Å². The van der Waals surface area contributed by atoms with Crippen LogP contribution in [-0.4, -0.2) is 40.4 Å². The fourth-order valence-corrected chi connectivity index (χ4v) is 8.25. The average molecular weight is 581 g/mol. The van der Waals surface area contributed by atoms with E-state index in [9.17, 15) is 36.6 Å². The van der Waals surface area contributed by atoms with Gasteiger partial charge in [-0.15, -0.1) is 0 Å². The van der Waals surface area contributed by atoms with Gasteiger partial charge in [-0.3, -0.25) is 9.78 Å². The third kappa shape index (κ3) is 4.93. The van der Waals surface area contributed by atoms with Crippen LogP contribution in [0, 0.1) is 29.3 Å². The van der Waals surface area contributed by atoms with Gasteiger partial charge in [-0.1, -0.05) is 11.6 Å². The Hall–Kier alpha value is -2.99. The van der Waals surface area contributed by atoms with E-state index in [-0.39, 0.29) is 39.7 Å². The fourth-order valence-electron chi connectivity index (χ4n) is 5.85. The van der Waals surface area contributed by atoms with Crippen LogP contribution in [0.15, 0.2) is 59.6 Å². The SMILES string of the molecule is O=C(Nc1ccc(F)c(F)c1)c1ccc(Cl)c(S(=O)(=O)C2CC3CCC(C2)C3(O)[C@H](O)c2ccc(F)cn2)c1. The number of benzene rings is 2. The van der Waals surface area contributed by atoms with Crippen molar-refractivity contribution in [3.8, 4) is 0 Å². The van der Waals surface area contributed by atoms with Crippen molar-refractivity contribution >= 4 is 33.0 Å². The second kappa shape index (κ2) is 10.2. The average Bonchev–Trinajstić information content (AvgIpc) is 3.06. The van der Waals surface area contributed by atoms with E-state index in [2.05, 4.69) is 10.3 Å². The van der Waals surface area contributed by atoms with Crippen LogP contribution in [-0.2, 0) is 9.84 Å². The number of carbonyl (C=O) groups is 1. The van der Waals surface area contributed by atoms with Crippen LogP contribution in [0.25, 0.3) is 0 Å². The van der Waals surface area contributed by atoms with Gasteiger partial charge in [0.25, 0.3) is 5.91 Å². The van der Waals surface area contributed by atoms with E-state index in [0.29, 0.717) is 12.8 Å². The van der Waals surface area contributed by atoms with Gasteiger partial charge in [0.2, 0.25) is 0 Å². The number of rotatable bonds is 6. The van der Waals surface area contributed by atoms with E-state index < -0.39 is 62.0 Å². The minimum absolute atomic E-state index is 0.0180. The van der Waals surface area contributed by atoms with Crippen LogP contribution in [0.5, 0.6) is 0 Å². The van der Waals surface area contributed by atoms with E-state index in [1.807, 2.05) is 0 Å². The number of aromatic nitrogens is 1. The summed E-state index contributed by atoms with van der Waals surface area (Å²) in [5.74, 6) is -4.72. The zero-order valence-electron chi connectivity index (χ0n) is 20.3. The highest BCUT2D eigenvalue weighted by Gasteiger charge is 2.59. The first-order valence-electron chi connectivity index (χ1n) is 12.2. The minimum Gasteiger partial charge on any atom is -0.386 e. The molecule has 3 N–H and O–H groups in total. The molecule has 5 rings (SSSR count). The minimum atomic E-state index is -4.09. The molecule has 39 heavy (non-hydrogen) atoms. The summed E-state index contributed by atoms with van der Waals surface area (Å²) >= 11 is 6.26. The van der Waals surface area contributed by atoms with Crippen LogP contribution in [0.3, 0.4) is 0 Å². The summed E-state index contributed by atoms with van der Waals surface area (Å²) in [6.07, 6.45) is 0.555. The molecule has 1 aromatic heterocycles. The number of amides is 1. The molecule has 12 heteroatoms. The van der Waals surface area contributed by atoms with Gasteiger partial charge in [-0.2, -0.15) is 0 Å². The summed E-state index contributed by atoms with van der Waals surface area (Å²) in [5.41, 5.74) is -1.61. The summed E-state index contributed by atoms with van der Waals surface area (Å²) in [5, 5.41) is 23.9. The molecule has 2 aromatic carbocycles. The van der Waals surface area contributed by atoms with Crippen molar-refractivity contribution in [2.24, 2.45) is 11.8 Å². The number of hydrogen-bond acceptors (Lipinski definition) is 6. The predicted octanol–water partition coefficient (Wildman–Crippen LogP) is 4.83. The molecule has 206 valence electrons. The third-order valence-corrected chi connectivity index (χ3v) is 10.5. The predicted molar refractivity (Wildman–Crippen MR) is 136 cm³/mol. The van der Waals surface area contributed by atoms with Crippen molar-refractivity contribution in [3.05, 3.63) is 88.5 Å². The number of nitrogens with zero attached hydrogens (tertiary/aromatic N) is 1. The Balaban J connectivity index is 1.38. The van der Waals surface area contributed by atoms with Crippen LogP contribution in [0.2, 0.25) is 5.02 Å². The van der Waals surface area contributed by atoms with Crippen molar-refractivity contribution in [1.29, 1.82) is 0 Å². The Labute approximate surface area is 227 Å². The van der Waals surface area contributed by atoms with Crippen molar-refractivity contribution in [2.45, 2.75) is 47.5 Å². The zero-order chi connectivity index (χ0) is 28.1. The monoisotopic (exact) mass is 580 g/mol. The lowest BCUT2D eigenvalue weighted by Crippen LogP contribution is -2.52. The summed E-state index contributed by atoms with van der Waals surface area (Å²) in [6.45, 7) is 0. The lowest BCUT2D eigenvalue weighted by atomic mass is 9.70. The topological polar surface area (TPSA) is 117 Å². The Kier molecular flexibility index (Phi) is 7.21. The molecule has 3 aromatic rings. The van der Waals surface area contributed by atoms with E-state index in [4.69, 9.17) is 11.6 Å². The number of anilines is 1. The first kappa shape index (κ1) is 27.6. The molecule has 2 unspecified atom stereocenters. The maximum atomic E-state index is 13.7. The van der Waals surface area contributed by atoms with E-state index >= 15 is 0 Å². The van der Waals surface area contributed by atoms with Crippen molar-refractivity contribution < 1.29 is 36.6 Å². The van der Waals surface area contributed by atoms with Gasteiger partial charge < -0.3 is 15.5 Å². The summed E-state index contributed by atoms with van der Waals surface area (Å²) in [4.78, 5) is 16.4. The Morgan fingerprint density at radius 2 is 1.72 bits per heavy atom. The Morgan fingerprint density at radius 1 is 1.03 bits per heavy atom. The first-order valence-corrected chi connectivity index (χ1v) is 14.2. The van der Waals surface area contributed by atoms with Gasteiger partial charge >= 0.3 is 0 Å². The van der Waals surface area contributed by atoms with Crippen LogP contribution < -0.4 is 5.32 Å². The Bertz CT molecular complexity index is 1520. The molecule has 0 saturated heterocycles. The van der Waals surface area contributed by atoms with Crippen molar-refractivity contribution in [1.82, 2.24) is 4.98 Å². The number of nitrogens with one attached hydrogen (secondary N) is 1. The lowest BCUT2D eigenvalue weighted by molar-refractivity contribution is -0.145. The number of halogens is 4. The number of pyridine rings is 1. The number of carbonyl (C=O) groups excluding carboxylic acids is 1. The molecule has 0 radical (unpaired) electrons. The number of fused-ring (bicyclic) bond motifs is 2. The molecule has 3 atom stereocenters. The van der Waals surface area contributed by atoms with Gasteiger partial charge in [0.05, 0.1) is 27.1 Å². The molecule has 2 aliphatic rings. The van der Waals surface area contributed by atoms with Gasteiger partial charge in [-0.05, 0) is 80.0 Å². The third-order valence-electron chi connectivity index (χ3n) is 7.85. The maximum absolute atomic E-state index is 13.7. The molecule has 0 spiro atoms. The first-order chi connectivity index (χ1) is 18.4. The quantitative estimate of drug-likeness (QED) is 0.384. The summed E-state index contributed by atoms with van der Waals surface area (Å²) in [7, 11) is -4.09. The van der Waals surface area contributed by atoms with E-state index in [0.717, 1.165) is 30.5 Å². The number of hydrogen-bond donors (Lipinski definition) is 3. The van der Waals surface area contributed by atoms with E-state index in [1.165, 1.54) is 24.3 Å². The zero-order valence-corrected chi connectivity index (χ0v) is 21.9. The smallest absolute Gasteiger partial charge is 0.255 e. The fraction of sp³-hybridized carbons (Fsp3) is 0.333. The molecule has 2 fully saturated rings. The normalized spacial score (nSPS) is 25.3. The number of sulfone groups is 1. The second-order valence-electron chi connectivity index (χ2n) is 10.0. The molecule has 2 aliphatic carbocycles. The van der Waals surface area contributed by atoms with Crippen molar-refractivity contribution in [2.75, 3.05) is 5.32 Å². The van der Waals surface area contributed by atoms with Crippen LogP contribution in [0.4, 0.5) is 18.9 Å². The maximum Gasteiger partial charge on any atom is 0.255 e. The molecular weight excluding hydrogens is 557 g/mol. The molecule has 1 amide bonds. The number of aliphatic hydroxyl groups excluding tert-OH is 1. The van der Waals surface area contributed by atoms with Gasteiger partial charge in [0.15, 0.2) is 21.5 Å². The molecule has 0 aliphatic heterocycles. The number of aliphatic hydroxyl groups is 2. The molecule has 1 heterocycles. The summed E-state index contributed by atoms with van der Waals surface area (Å²) < 4.78 is 67.5. The van der Waals surface area contributed by atoms with Crippen LogP contribution >= 0.6 is 11.6 Å². The summed E-state index contributed by atoms with van der Waals surface area (Å²) in [6, 6.07) is 8.95. The van der Waals surface area contributed by atoms with Gasteiger partial charge in [0.1, 0.15) is 17.5 Å². The molecule has 2 bridgehead atoms. The van der Waals surface area contributed by atoms with E-state index in [1.54, 1.807) is 0 Å². The van der Waals surface area contributed by atoms with Crippen LogP contribution in [0.1, 0.15) is 47.8 Å². The highest BCUT2D eigenvalue weighted by atomic mass is 35.5. The standard InChI is InChI=1S/C27H24ClF3N2O5S/c28-20-6-1-14(26(35)33-18-5-7-21(30)22(31)12-18)9-24(20)39(37,38)19-10-15-2-3-16(11-19)27(15,36)25(34)23-8-4-17(29)13-32-23/h1,4-9,12-13,15-16,19,25,34,36H,2-3,10-11H2,(H,33,35)/t15?,16?,19?,25-,27?/m1/s1. The van der Waals surface area contributed by atoms with Gasteiger partial charge in [0, 0.05) is 17.3 Å². The second-order valence-corrected chi connectivity index (χ2v) is 12.6. The molecular formula is C27H24ClF3N2O5S. The molecule has 2 saturated carbocycles. The lowest BCUT2D eigenvalue weighted by Gasteiger charge is -2.45. The highest BCUT2D eigenvalue weighted by Crippen LogP contribution is 2.56. The Morgan fingerprint density at radius 3 is 2.33 bits per heavy atom. The molecule has 7 nitrogen and oxygen atoms in total.